The van der Waals surface area contributed by atoms with E-state index in [9.17, 15) is 9.90 Å². The van der Waals surface area contributed by atoms with Crippen molar-refractivity contribution in [3.8, 4) is 10.6 Å². The van der Waals surface area contributed by atoms with E-state index in [1.54, 1.807) is 20.0 Å². The fourth-order valence-electron chi connectivity index (χ4n) is 2.08. The molecule has 3 rings (SSSR count). The fraction of sp³-hybridized carbons (Fsp3) is 0.188. The van der Waals surface area contributed by atoms with E-state index in [0.29, 0.717) is 5.69 Å². The minimum Gasteiger partial charge on any atom is -0.481 e. The van der Waals surface area contributed by atoms with Gasteiger partial charge in [-0.25, -0.2) is 4.98 Å². The van der Waals surface area contributed by atoms with Crippen LogP contribution in [0.2, 0.25) is 0 Å². The first-order valence-corrected chi connectivity index (χ1v) is 7.40. The molecule has 0 saturated carbocycles. The molecule has 21 heavy (non-hydrogen) atoms. The Labute approximate surface area is 126 Å². The van der Waals surface area contributed by atoms with Gasteiger partial charge in [-0.3, -0.25) is 9.78 Å². The van der Waals surface area contributed by atoms with Gasteiger partial charge in [-0.2, -0.15) is 0 Å². The number of fused-ring (bicyclic) bond motifs is 1. The first kappa shape index (κ1) is 13.7. The Hall–Kier alpha value is -2.27. The van der Waals surface area contributed by atoms with Crippen LogP contribution in [0.25, 0.3) is 21.3 Å². The average Bonchev–Trinajstić information content (AvgIpc) is 2.97. The first-order valence-electron chi connectivity index (χ1n) is 6.52. The molecule has 106 valence electrons. The second kappa shape index (κ2) is 4.93. The Morgan fingerprint density at radius 2 is 2.00 bits per heavy atom. The standard InChI is InChI=1S/C16H14N2O2S/c1-16(2,15(19)20)13-9-21-14(18-13)12-8-17-7-10-5-3-4-6-11(10)12/h3-9H,1-2H3,(H,19,20). The Balaban J connectivity index is 2.13. The van der Waals surface area contributed by atoms with Gasteiger partial charge in [0.15, 0.2) is 0 Å². The Bertz CT molecular complexity index is 819. The molecule has 2 aromatic heterocycles. The summed E-state index contributed by atoms with van der Waals surface area (Å²) in [6.07, 6.45) is 3.59. The highest BCUT2D eigenvalue weighted by atomic mass is 32.1. The lowest BCUT2D eigenvalue weighted by Crippen LogP contribution is -2.28. The summed E-state index contributed by atoms with van der Waals surface area (Å²) in [5.74, 6) is -0.879. The molecule has 0 fully saturated rings. The molecular weight excluding hydrogens is 284 g/mol. The zero-order valence-electron chi connectivity index (χ0n) is 11.7. The molecule has 0 bridgehead atoms. The van der Waals surface area contributed by atoms with E-state index in [-0.39, 0.29) is 0 Å². The van der Waals surface area contributed by atoms with E-state index in [1.807, 2.05) is 35.8 Å². The maximum Gasteiger partial charge on any atom is 0.315 e. The van der Waals surface area contributed by atoms with Gasteiger partial charge in [-0.1, -0.05) is 24.3 Å². The molecule has 2 heterocycles. The van der Waals surface area contributed by atoms with Crippen LogP contribution in [0.15, 0.2) is 42.0 Å². The van der Waals surface area contributed by atoms with Crippen LogP contribution in [0.4, 0.5) is 0 Å². The third-order valence-electron chi connectivity index (χ3n) is 3.58. The minimum atomic E-state index is -0.993. The number of benzene rings is 1. The van der Waals surface area contributed by atoms with Crippen molar-refractivity contribution in [3.63, 3.8) is 0 Å². The van der Waals surface area contributed by atoms with Crippen LogP contribution in [-0.4, -0.2) is 21.0 Å². The van der Waals surface area contributed by atoms with Crippen molar-refractivity contribution in [3.05, 3.63) is 47.7 Å². The van der Waals surface area contributed by atoms with Crippen LogP contribution in [0.1, 0.15) is 19.5 Å². The topological polar surface area (TPSA) is 63.1 Å². The molecular formula is C16H14N2O2S. The predicted molar refractivity (Wildman–Crippen MR) is 83.5 cm³/mol. The molecule has 0 saturated heterocycles. The van der Waals surface area contributed by atoms with E-state index in [1.165, 1.54) is 11.3 Å². The van der Waals surface area contributed by atoms with Gasteiger partial charge >= 0.3 is 5.97 Å². The van der Waals surface area contributed by atoms with Crippen molar-refractivity contribution in [2.24, 2.45) is 0 Å². The highest BCUT2D eigenvalue weighted by Gasteiger charge is 2.32. The number of nitrogens with zero attached hydrogens (tertiary/aromatic N) is 2. The molecule has 3 aromatic rings. The van der Waals surface area contributed by atoms with Crippen molar-refractivity contribution in [1.29, 1.82) is 0 Å². The van der Waals surface area contributed by atoms with Gasteiger partial charge in [0.25, 0.3) is 0 Å². The Kier molecular flexibility index (Phi) is 3.22. The van der Waals surface area contributed by atoms with E-state index in [4.69, 9.17) is 0 Å². The first-order chi connectivity index (χ1) is 10.00. The lowest BCUT2D eigenvalue weighted by atomic mass is 9.90. The molecule has 4 nitrogen and oxygen atoms in total. The molecule has 0 amide bonds. The van der Waals surface area contributed by atoms with Crippen molar-refractivity contribution in [2.75, 3.05) is 0 Å². The molecule has 0 unspecified atom stereocenters. The van der Waals surface area contributed by atoms with E-state index < -0.39 is 11.4 Å². The van der Waals surface area contributed by atoms with Crippen LogP contribution < -0.4 is 0 Å². The number of pyridine rings is 1. The lowest BCUT2D eigenvalue weighted by molar-refractivity contribution is -0.142. The number of aliphatic carboxylic acids is 1. The summed E-state index contributed by atoms with van der Waals surface area (Å²) in [4.78, 5) is 20.1. The monoisotopic (exact) mass is 298 g/mol. The zero-order valence-corrected chi connectivity index (χ0v) is 12.5. The van der Waals surface area contributed by atoms with Gasteiger partial charge in [0.1, 0.15) is 10.4 Å². The summed E-state index contributed by atoms with van der Waals surface area (Å²) in [5.41, 5.74) is 0.515. The lowest BCUT2D eigenvalue weighted by Gasteiger charge is -2.15. The Morgan fingerprint density at radius 1 is 1.24 bits per heavy atom. The Morgan fingerprint density at radius 3 is 2.76 bits per heavy atom. The van der Waals surface area contributed by atoms with E-state index >= 15 is 0 Å². The summed E-state index contributed by atoms with van der Waals surface area (Å²) in [5, 5.41) is 14.0. The summed E-state index contributed by atoms with van der Waals surface area (Å²) in [6.45, 7) is 3.32. The molecule has 0 radical (unpaired) electrons. The van der Waals surface area contributed by atoms with Crippen LogP contribution in [-0.2, 0) is 10.2 Å². The summed E-state index contributed by atoms with van der Waals surface area (Å²) < 4.78 is 0. The zero-order chi connectivity index (χ0) is 15.0. The number of rotatable bonds is 3. The van der Waals surface area contributed by atoms with Gasteiger partial charge in [-0.15, -0.1) is 11.3 Å². The number of thiazole rings is 1. The number of hydrogen-bond acceptors (Lipinski definition) is 4. The second-order valence-corrected chi connectivity index (χ2v) is 6.23. The van der Waals surface area contributed by atoms with Crippen molar-refractivity contribution in [2.45, 2.75) is 19.3 Å². The van der Waals surface area contributed by atoms with Crippen molar-refractivity contribution in [1.82, 2.24) is 9.97 Å². The smallest absolute Gasteiger partial charge is 0.315 e. The van der Waals surface area contributed by atoms with Gasteiger partial charge in [0.2, 0.25) is 0 Å². The number of carbonyl (C=O) groups is 1. The normalized spacial score (nSPS) is 11.7. The molecule has 0 spiro atoms. The van der Waals surface area contributed by atoms with E-state index in [2.05, 4.69) is 9.97 Å². The summed E-state index contributed by atoms with van der Waals surface area (Å²) in [6, 6.07) is 7.97. The fourth-order valence-corrected chi connectivity index (χ4v) is 3.09. The predicted octanol–water partition coefficient (Wildman–Crippen LogP) is 3.72. The third-order valence-corrected chi connectivity index (χ3v) is 4.45. The largest absolute Gasteiger partial charge is 0.481 e. The van der Waals surface area contributed by atoms with Crippen LogP contribution in [0.3, 0.4) is 0 Å². The maximum absolute atomic E-state index is 11.3. The molecule has 0 aliphatic carbocycles. The molecule has 5 heteroatoms. The quantitative estimate of drug-likeness (QED) is 0.800. The third kappa shape index (κ3) is 2.29. The van der Waals surface area contributed by atoms with Gasteiger partial charge in [0.05, 0.1) is 5.69 Å². The molecule has 0 aliphatic heterocycles. The van der Waals surface area contributed by atoms with Crippen molar-refractivity contribution < 1.29 is 9.90 Å². The average molecular weight is 298 g/mol. The number of hydrogen-bond donors (Lipinski definition) is 1. The SMILES string of the molecule is CC(C)(C(=O)O)c1csc(-c2cncc3ccccc23)n1. The molecule has 1 N–H and O–H groups in total. The summed E-state index contributed by atoms with van der Waals surface area (Å²) >= 11 is 1.45. The number of aromatic nitrogens is 2. The van der Waals surface area contributed by atoms with Gasteiger partial charge < -0.3 is 5.11 Å². The van der Waals surface area contributed by atoms with Crippen molar-refractivity contribution >= 4 is 28.1 Å². The van der Waals surface area contributed by atoms with Crippen LogP contribution >= 0.6 is 11.3 Å². The highest BCUT2D eigenvalue weighted by Crippen LogP contribution is 2.33. The molecule has 1 aromatic carbocycles. The number of carboxylic acids is 1. The maximum atomic E-state index is 11.3. The van der Waals surface area contributed by atoms with Crippen LogP contribution in [0.5, 0.6) is 0 Å². The second-order valence-electron chi connectivity index (χ2n) is 5.38. The van der Waals surface area contributed by atoms with Gasteiger partial charge in [0, 0.05) is 28.7 Å². The minimum absolute atomic E-state index is 0.572. The molecule has 0 aliphatic rings. The van der Waals surface area contributed by atoms with Gasteiger partial charge in [-0.05, 0) is 19.2 Å². The van der Waals surface area contributed by atoms with E-state index in [0.717, 1.165) is 21.3 Å². The van der Waals surface area contributed by atoms with Crippen LogP contribution in [0, 0.1) is 0 Å². The number of carboxylic acid groups (broad SMARTS) is 1. The highest BCUT2D eigenvalue weighted by molar-refractivity contribution is 7.13. The molecule has 0 atom stereocenters. The summed E-state index contributed by atoms with van der Waals surface area (Å²) in [7, 11) is 0.